The number of amides is 2. The number of rotatable bonds is 13. The van der Waals surface area contributed by atoms with Gasteiger partial charge in [-0.2, -0.15) is 0 Å². The van der Waals surface area contributed by atoms with Gasteiger partial charge in [-0.15, -0.1) is 0 Å². The largest absolute Gasteiger partial charge is 0.497 e. The van der Waals surface area contributed by atoms with Crippen molar-refractivity contribution in [3.05, 3.63) is 89.5 Å². The zero-order valence-corrected chi connectivity index (χ0v) is 25.6. The van der Waals surface area contributed by atoms with Gasteiger partial charge in [0, 0.05) is 13.1 Å². The van der Waals surface area contributed by atoms with Gasteiger partial charge in [0.1, 0.15) is 18.3 Å². The van der Waals surface area contributed by atoms with Crippen molar-refractivity contribution in [1.29, 1.82) is 0 Å². The smallest absolute Gasteiger partial charge is 0.264 e. The molecule has 0 saturated carbocycles. The van der Waals surface area contributed by atoms with Gasteiger partial charge in [0.05, 0.1) is 17.7 Å². The monoisotopic (exact) mass is 579 g/mol. The first-order valence-corrected chi connectivity index (χ1v) is 15.3. The molecular weight excluding hydrogens is 538 g/mol. The molecule has 0 aromatic heterocycles. The summed E-state index contributed by atoms with van der Waals surface area (Å²) in [6, 6.07) is 19.8. The van der Waals surface area contributed by atoms with Crippen LogP contribution in [0.15, 0.2) is 77.7 Å². The van der Waals surface area contributed by atoms with Crippen molar-refractivity contribution in [2.45, 2.75) is 58.5 Å². The van der Waals surface area contributed by atoms with E-state index in [1.165, 1.54) is 17.0 Å². The minimum atomic E-state index is -4.10. The lowest BCUT2D eigenvalue weighted by Gasteiger charge is -2.33. The summed E-state index contributed by atoms with van der Waals surface area (Å²) in [6.45, 7) is 9.77. The average molecular weight is 580 g/mol. The number of ether oxygens (including phenoxy) is 1. The van der Waals surface area contributed by atoms with E-state index in [-0.39, 0.29) is 23.3 Å². The molecule has 3 aromatic carbocycles. The lowest BCUT2D eigenvalue weighted by Crippen LogP contribution is -2.52. The molecule has 0 saturated heterocycles. The van der Waals surface area contributed by atoms with Crippen molar-refractivity contribution in [1.82, 2.24) is 10.2 Å². The molecular formula is C32H41N3O5S. The third-order valence-corrected chi connectivity index (χ3v) is 8.73. The zero-order valence-electron chi connectivity index (χ0n) is 24.8. The Morgan fingerprint density at radius 2 is 1.63 bits per heavy atom. The summed E-state index contributed by atoms with van der Waals surface area (Å²) in [5, 5.41) is 2.94. The fourth-order valence-electron chi connectivity index (χ4n) is 4.44. The van der Waals surface area contributed by atoms with Gasteiger partial charge in [-0.3, -0.25) is 13.9 Å². The molecule has 0 aliphatic rings. The number of aryl methyl sites for hydroxylation is 2. The van der Waals surface area contributed by atoms with E-state index < -0.39 is 28.5 Å². The molecule has 0 radical (unpaired) electrons. The molecule has 0 aliphatic heterocycles. The summed E-state index contributed by atoms with van der Waals surface area (Å²) in [5.74, 6) is 0.0871. The highest BCUT2D eigenvalue weighted by Crippen LogP contribution is 2.27. The van der Waals surface area contributed by atoms with E-state index in [0.717, 1.165) is 21.0 Å². The molecule has 3 aromatic rings. The highest BCUT2D eigenvalue weighted by atomic mass is 32.2. The van der Waals surface area contributed by atoms with Gasteiger partial charge in [0.2, 0.25) is 11.8 Å². The highest BCUT2D eigenvalue weighted by Gasteiger charge is 2.33. The maximum absolute atomic E-state index is 14.2. The summed E-state index contributed by atoms with van der Waals surface area (Å²) in [7, 11) is -2.54. The number of anilines is 1. The molecule has 0 bridgehead atoms. The predicted molar refractivity (Wildman–Crippen MR) is 162 cm³/mol. The molecule has 1 atom stereocenters. The molecule has 0 aliphatic carbocycles. The Hall–Kier alpha value is -3.85. The number of nitrogens with zero attached hydrogens (tertiary/aromatic N) is 2. The molecule has 0 fully saturated rings. The molecule has 0 heterocycles. The Morgan fingerprint density at radius 1 is 0.927 bits per heavy atom. The van der Waals surface area contributed by atoms with E-state index in [2.05, 4.69) is 5.32 Å². The van der Waals surface area contributed by atoms with Crippen LogP contribution in [0.4, 0.5) is 5.69 Å². The number of sulfonamides is 1. The van der Waals surface area contributed by atoms with Crippen molar-refractivity contribution < 1.29 is 22.7 Å². The van der Waals surface area contributed by atoms with Crippen LogP contribution in [0, 0.1) is 19.8 Å². The Morgan fingerprint density at radius 3 is 2.24 bits per heavy atom. The van der Waals surface area contributed by atoms with Crippen molar-refractivity contribution in [3.8, 4) is 5.75 Å². The van der Waals surface area contributed by atoms with E-state index in [0.29, 0.717) is 24.4 Å². The first-order valence-electron chi connectivity index (χ1n) is 13.8. The number of hydrogen-bond acceptors (Lipinski definition) is 5. The van der Waals surface area contributed by atoms with Crippen LogP contribution < -0.4 is 14.4 Å². The third kappa shape index (κ3) is 8.10. The van der Waals surface area contributed by atoms with Crippen LogP contribution in [0.3, 0.4) is 0 Å². The zero-order chi connectivity index (χ0) is 30.2. The number of hydrogen-bond donors (Lipinski definition) is 1. The van der Waals surface area contributed by atoms with Crippen molar-refractivity contribution in [2.75, 3.05) is 24.5 Å². The molecule has 3 rings (SSSR count). The van der Waals surface area contributed by atoms with Gasteiger partial charge < -0.3 is 15.0 Å². The van der Waals surface area contributed by atoms with E-state index in [9.17, 15) is 18.0 Å². The first kappa shape index (κ1) is 31.7. The topological polar surface area (TPSA) is 96.0 Å². The maximum Gasteiger partial charge on any atom is 0.264 e. The van der Waals surface area contributed by atoms with Gasteiger partial charge in [-0.1, -0.05) is 57.2 Å². The Bertz CT molecular complexity index is 1440. The molecule has 0 spiro atoms. The average Bonchev–Trinajstić information content (AvgIpc) is 2.96. The van der Waals surface area contributed by atoms with E-state index in [1.807, 2.05) is 52.8 Å². The molecule has 8 nitrogen and oxygen atoms in total. The molecule has 9 heteroatoms. The summed E-state index contributed by atoms with van der Waals surface area (Å²) in [5.41, 5.74) is 3.04. The van der Waals surface area contributed by atoms with Gasteiger partial charge in [0.25, 0.3) is 10.0 Å². The van der Waals surface area contributed by atoms with E-state index in [4.69, 9.17) is 4.74 Å². The van der Waals surface area contributed by atoms with Crippen LogP contribution in [0.1, 0.15) is 43.9 Å². The lowest BCUT2D eigenvalue weighted by molar-refractivity contribution is -0.140. The fraction of sp³-hybridized carbons (Fsp3) is 0.375. The predicted octanol–water partition coefficient (Wildman–Crippen LogP) is 5.09. The Labute approximate surface area is 244 Å². The Kier molecular flexibility index (Phi) is 10.9. The second kappa shape index (κ2) is 14.2. The number of carbonyl (C=O) groups excluding carboxylic acids is 2. The lowest BCUT2D eigenvalue weighted by atomic mass is 10.1. The van der Waals surface area contributed by atoms with Gasteiger partial charge in [-0.25, -0.2) is 8.42 Å². The van der Waals surface area contributed by atoms with E-state index in [1.54, 1.807) is 49.6 Å². The number of methoxy groups -OCH3 is 1. The number of carbonyl (C=O) groups is 2. The SMILES string of the molecule is CC[C@H](C(=O)NCC(C)C)N(Cc1cccc(OC)c1)C(=O)CN(c1ccc(C)c(C)c1)S(=O)(=O)c1ccccc1. The summed E-state index contributed by atoms with van der Waals surface area (Å²) < 4.78 is 34.4. The van der Waals surface area contributed by atoms with Crippen molar-refractivity contribution in [2.24, 2.45) is 5.92 Å². The number of nitrogens with one attached hydrogen (secondary N) is 1. The maximum atomic E-state index is 14.2. The van der Waals surface area contributed by atoms with Gasteiger partial charge in [-0.05, 0) is 79.3 Å². The summed E-state index contributed by atoms with van der Waals surface area (Å²) >= 11 is 0. The van der Waals surface area contributed by atoms with Crippen molar-refractivity contribution in [3.63, 3.8) is 0 Å². The van der Waals surface area contributed by atoms with Crippen LogP contribution in [0.2, 0.25) is 0 Å². The quantitative estimate of drug-likeness (QED) is 0.305. The van der Waals surface area contributed by atoms with Crippen LogP contribution in [0.5, 0.6) is 5.75 Å². The molecule has 41 heavy (non-hydrogen) atoms. The molecule has 1 N–H and O–H groups in total. The minimum Gasteiger partial charge on any atom is -0.497 e. The van der Waals surface area contributed by atoms with Crippen LogP contribution in [0.25, 0.3) is 0 Å². The van der Waals surface area contributed by atoms with Crippen molar-refractivity contribution >= 4 is 27.5 Å². The van der Waals surface area contributed by atoms with Gasteiger partial charge in [0.15, 0.2) is 0 Å². The normalized spacial score (nSPS) is 12.1. The summed E-state index contributed by atoms with van der Waals surface area (Å²) in [6.07, 6.45) is 0.356. The number of benzene rings is 3. The molecule has 220 valence electrons. The van der Waals surface area contributed by atoms with Gasteiger partial charge >= 0.3 is 0 Å². The standard InChI is InChI=1S/C32H41N3O5S/c1-7-30(32(37)33-20-23(2)3)34(21-26-12-11-13-28(19-26)40-6)31(36)22-35(27-17-16-24(4)25(5)18-27)41(38,39)29-14-9-8-10-15-29/h8-19,23,30H,7,20-22H2,1-6H3,(H,33,37)/t30-/m1/s1. The summed E-state index contributed by atoms with van der Waals surface area (Å²) in [4.78, 5) is 29.0. The molecule has 0 unspecified atom stereocenters. The first-order chi connectivity index (χ1) is 19.5. The minimum absolute atomic E-state index is 0.0760. The molecule has 2 amide bonds. The van der Waals surface area contributed by atoms with Crippen LogP contribution in [-0.2, 0) is 26.2 Å². The van der Waals surface area contributed by atoms with Crippen LogP contribution >= 0.6 is 0 Å². The third-order valence-electron chi connectivity index (χ3n) is 6.95. The van der Waals surface area contributed by atoms with E-state index >= 15 is 0 Å². The Balaban J connectivity index is 2.07. The highest BCUT2D eigenvalue weighted by molar-refractivity contribution is 7.92. The van der Waals surface area contributed by atoms with Crippen LogP contribution in [-0.4, -0.2) is 51.4 Å². The second-order valence-corrected chi connectivity index (χ2v) is 12.4. The fourth-order valence-corrected chi connectivity index (χ4v) is 5.87. The second-order valence-electron chi connectivity index (χ2n) is 10.5.